The predicted molar refractivity (Wildman–Crippen MR) is 61.6 cm³/mol. The number of hydrogen-bond acceptors (Lipinski definition) is 4. The first kappa shape index (κ1) is 12.0. The third-order valence-electron chi connectivity index (χ3n) is 3.15. The van der Waals surface area contributed by atoms with Gasteiger partial charge in [-0.2, -0.15) is 0 Å². The molecule has 1 aliphatic carbocycles. The van der Waals surface area contributed by atoms with Crippen LogP contribution >= 0.6 is 0 Å². The Balaban J connectivity index is 2.16. The second-order valence-electron chi connectivity index (χ2n) is 4.24. The fraction of sp³-hybridized carbons (Fsp3) is 0.727. The van der Waals surface area contributed by atoms with Crippen LogP contribution in [0.3, 0.4) is 0 Å². The van der Waals surface area contributed by atoms with E-state index in [1.807, 2.05) is 6.92 Å². The summed E-state index contributed by atoms with van der Waals surface area (Å²) >= 11 is 0. The van der Waals surface area contributed by atoms with E-state index in [4.69, 9.17) is 10.5 Å². The van der Waals surface area contributed by atoms with Gasteiger partial charge < -0.3 is 10.5 Å². The SMILES string of the molecule is CCOCCn1nnc(C(N)=O)c1C1CCC1. The maximum Gasteiger partial charge on any atom is 0.271 e. The third-order valence-corrected chi connectivity index (χ3v) is 3.15. The Bertz CT molecular complexity index is 398. The number of rotatable bonds is 6. The van der Waals surface area contributed by atoms with Crippen molar-refractivity contribution in [1.82, 2.24) is 15.0 Å². The van der Waals surface area contributed by atoms with Crippen LogP contribution in [0.4, 0.5) is 0 Å². The summed E-state index contributed by atoms with van der Waals surface area (Å²) in [7, 11) is 0. The van der Waals surface area contributed by atoms with E-state index in [2.05, 4.69) is 10.3 Å². The highest BCUT2D eigenvalue weighted by molar-refractivity contribution is 5.92. The largest absolute Gasteiger partial charge is 0.380 e. The number of hydrogen-bond donors (Lipinski definition) is 1. The summed E-state index contributed by atoms with van der Waals surface area (Å²) < 4.78 is 7.05. The number of primary amides is 1. The molecule has 0 aliphatic heterocycles. The van der Waals surface area contributed by atoms with Crippen molar-refractivity contribution in [3.05, 3.63) is 11.4 Å². The second kappa shape index (κ2) is 5.27. The maximum atomic E-state index is 11.3. The lowest BCUT2D eigenvalue weighted by atomic mass is 9.82. The minimum absolute atomic E-state index is 0.325. The maximum absolute atomic E-state index is 11.3. The van der Waals surface area contributed by atoms with Crippen molar-refractivity contribution in [2.45, 2.75) is 38.6 Å². The number of carbonyl (C=O) groups excluding carboxylic acids is 1. The third kappa shape index (κ3) is 2.46. The topological polar surface area (TPSA) is 83.0 Å². The van der Waals surface area contributed by atoms with E-state index in [1.54, 1.807) is 4.68 Å². The zero-order valence-corrected chi connectivity index (χ0v) is 10.1. The van der Waals surface area contributed by atoms with Gasteiger partial charge in [0.15, 0.2) is 5.69 Å². The summed E-state index contributed by atoms with van der Waals surface area (Å²) in [6, 6.07) is 0. The molecule has 1 heterocycles. The van der Waals surface area contributed by atoms with Crippen molar-refractivity contribution < 1.29 is 9.53 Å². The predicted octanol–water partition coefficient (Wildman–Crippen LogP) is 0.681. The summed E-state index contributed by atoms with van der Waals surface area (Å²) in [6.45, 7) is 3.83. The van der Waals surface area contributed by atoms with Gasteiger partial charge >= 0.3 is 0 Å². The van der Waals surface area contributed by atoms with Gasteiger partial charge in [0.25, 0.3) is 5.91 Å². The number of aromatic nitrogens is 3. The second-order valence-corrected chi connectivity index (χ2v) is 4.24. The molecule has 17 heavy (non-hydrogen) atoms. The molecule has 1 amide bonds. The highest BCUT2D eigenvalue weighted by Gasteiger charge is 2.29. The Hall–Kier alpha value is -1.43. The Morgan fingerprint density at radius 1 is 1.59 bits per heavy atom. The number of nitrogens with zero attached hydrogens (tertiary/aromatic N) is 3. The smallest absolute Gasteiger partial charge is 0.271 e. The first-order valence-corrected chi connectivity index (χ1v) is 6.05. The van der Waals surface area contributed by atoms with Crippen LogP contribution in [0, 0.1) is 0 Å². The van der Waals surface area contributed by atoms with Gasteiger partial charge in [-0.3, -0.25) is 4.79 Å². The van der Waals surface area contributed by atoms with Crippen LogP contribution in [0.15, 0.2) is 0 Å². The zero-order valence-electron chi connectivity index (χ0n) is 10.1. The van der Waals surface area contributed by atoms with Crippen LogP contribution in [0.5, 0.6) is 0 Å². The summed E-state index contributed by atoms with van der Waals surface area (Å²) in [4.78, 5) is 11.3. The van der Waals surface area contributed by atoms with Crippen LogP contribution in [-0.2, 0) is 11.3 Å². The summed E-state index contributed by atoms with van der Waals surface area (Å²) in [5.41, 5.74) is 6.53. The van der Waals surface area contributed by atoms with Gasteiger partial charge in [-0.25, -0.2) is 4.68 Å². The Morgan fingerprint density at radius 2 is 2.35 bits per heavy atom. The van der Waals surface area contributed by atoms with Gasteiger partial charge in [-0.05, 0) is 19.8 Å². The molecule has 1 saturated carbocycles. The molecule has 1 aromatic heterocycles. The molecule has 0 atom stereocenters. The normalized spacial score (nSPS) is 15.8. The zero-order chi connectivity index (χ0) is 12.3. The van der Waals surface area contributed by atoms with Gasteiger partial charge in [-0.15, -0.1) is 5.10 Å². The molecule has 1 aromatic rings. The monoisotopic (exact) mass is 238 g/mol. The lowest BCUT2D eigenvalue weighted by Crippen LogP contribution is -2.22. The summed E-state index contributed by atoms with van der Waals surface area (Å²) in [5.74, 6) is -0.108. The molecule has 2 N–H and O–H groups in total. The highest BCUT2D eigenvalue weighted by Crippen LogP contribution is 2.37. The van der Waals surface area contributed by atoms with Crippen LogP contribution in [0.2, 0.25) is 0 Å². The fourth-order valence-electron chi connectivity index (χ4n) is 2.04. The van der Waals surface area contributed by atoms with E-state index in [-0.39, 0.29) is 0 Å². The van der Waals surface area contributed by atoms with Crippen molar-refractivity contribution in [2.75, 3.05) is 13.2 Å². The van der Waals surface area contributed by atoms with Crippen molar-refractivity contribution in [3.63, 3.8) is 0 Å². The van der Waals surface area contributed by atoms with E-state index in [1.165, 1.54) is 6.42 Å². The first-order valence-electron chi connectivity index (χ1n) is 6.05. The minimum Gasteiger partial charge on any atom is -0.380 e. The minimum atomic E-state index is -0.491. The van der Waals surface area contributed by atoms with E-state index in [0.717, 1.165) is 18.5 Å². The van der Waals surface area contributed by atoms with Gasteiger partial charge in [0.2, 0.25) is 0 Å². The molecule has 2 rings (SSSR count). The standard InChI is InChI=1S/C11H18N4O2/c1-2-17-7-6-15-10(8-4-3-5-8)9(11(12)16)13-14-15/h8H,2-7H2,1H3,(H2,12,16). The van der Waals surface area contributed by atoms with E-state index in [9.17, 15) is 4.79 Å². The van der Waals surface area contributed by atoms with Crippen LogP contribution in [0.1, 0.15) is 48.3 Å². The molecule has 94 valence electrons. The van der Waals surface area contributed by atoms with Gasteiger partial charge in [0.1, 0.15) is 0 Å². The molecule has 0 radical (unpaired) electrons. The number of ether oxygens (including phenoxy) is 1. The fourth-order valence-corrected chi connectivity index (χ4v) is 2.04. The van der Waals surface area contributed by atoms with Crippen molar-refractivity contribution in [2.24, 2.45) is 5.73 Å². The van der Waals surface area contributed by atoms with Crippen LogP contribution in [0.25, 0.3) is 0 Å². The molecule has 0 saturated heterocycles. The lowest BCUT2D eigenvalue weighted by molar-refractivity contribution is 0.0992. The van der Waals surface area contributed by atoms with Crippen LogP contribution in [-0.4, -0.2) is 34.1 Å². The van der Waals surface area contributed by atoms with E-state index in [0.29, 0.717) is 31.4 Å². The van der Waals surface area contributed by atoms with E-state index < -0.39 is 5.91 Å². The molecule has 1 aliphatic rings. The molecule has 0 unspecified atom stereocenters. The molecule has 0 bridgehead atoms. The average Bonchev–Trinajstić information content (AvgIpc) is 2.60. The molecule has 6 nitrogen and oxygen atoms in total. The summed E-state index contributed by atoms with van der Waals surface area (Å²) in [5, 5.41) is 7.88. The molecule has 0 aromatic carbocycles. The van der Waals surface area contributed by atoms with Gasteiger partial charge in [0, 0.05) is 12.5 Å². The number of amides is 1. The number of carbonyl (C=O) groups is 1. The Kier molecular flexibility index (Phi) is 3.73. The molecular formula is C11H18N4O2. The molecular weight excluding hydrogens is 220 g/mol. The van der Waals surface area contributed by atoms with Crippen molar-refractivity contribution in [3.8, 4) is 0 Å². The van der Waals surface area contributed by atoms with Crippen molar-refractivity contribution in [1.29, 1.82) is 0 Å². The highest BCUT2D eigenvalue weighted by atomic mass is 16.5. The first-order chi connectivity index (χ1) is 8.24. The molecule has 6 heteroatoms. The lowest BCUT2D eigenvalue weighted by Gasteiger charge is -2.26. The van der Waals surface area contributed by atoms with E-state index >= 15 is 0 Å². The Labute approximate surface area is 100 Å². The summed E-state index contributed by atoms with van der Waals surface area (Å²) in [6.07, 6.45) is 3.37. The average molecular weight is 238 g/mol. The van der Waals surface area contributed by atoms with Crippen molar-refractivity contribution >= 4 is 5.91 Å². The van der Waals surface area contributed by atoms with Gasteiger partial charge in [0.05, 0.1) is 18.8 Å². The quantitative estimate of drug-likeness (QED) is 0.739. The molecule has 0 spiro atoms. The van der Waals surface area contributed by atoms with Gasteiger partial charge in [-0.1, -0.05) is 11.6 Å². The molecule has 1 fully saturated rings. The number of nitrogens with two attached hydrogens (primary N) is 1. The van der Waals surface area contributed by atoms with Crippen LogP contribution < -0.4 is 5.73 Å². The Morgan fingerprint density at radius 3 is 2.88 bits per heavy atom.